The number of halogens is 1. The fraction of sp³-hybridized carbons (Fsp3) is 0.857. The van der Waals surface area contributed by atoms with E-state index >= 15 is 0 Å². The van der Waals surface area contributed by atoms with Crippen molar-refractivity contribution in [3.8, 4) is 0 Å². The highest BCUT2D eigenvalue weighted by Gasteiger charge is 2.23. The summed E-state index contributed by atoms with van der Waals surface area (Å²) in [5.41, 5.74) is 0. The van der Waals surface area contributed by atoms with Crippen LogP contribution in [0.3, 0.4) is 0 Å². The van der Waals surface area contributed by atoms with Crippen LogP contribution in [0.2, 0.25) is 0 Å². The van der Waals surface area contributed by atoms with Gasteiger partial charge in [0.1, 0.15) is 0 Å². The van der Waals surface area contributed by atoms with Gasteiger partial charge in [-0.25, -0.2) is 0 Å². The Labute approximate surface area is 75.9 Å². The van der Waals surface area contributed by atoms with Crippen molar-refractivity contribution in [1.29, 1.82) is 0 Å². The van der Waals surface area contributed by atoms with E-state index in [0.29, 0.717) is 0 Å². The van der Waals surface area contributed by atoms with Crippen molar-refractivity contribution in [2.45, 2.75) is 37.2 Å². The molecule has 10 heavy (non-hydrogen) atoms. The van der Waals surface area contributed by atoms with Gasteiger partial charge < -0.3 is 5.32 Å². The summed E-state index contributed by atoms with van der Waals surface area (Å²) in [5, 5.41) is 2.84. The van der Waals surface area contributed by atoms with Gasteiger partial charge in [0.15, 0.2) is 0 Å². The standard InChI is InChI=1S/C7H14INO/c1-5(2)9-6(10)7(3,4)8/h5H,1-4H3,(H,9,10). The molecule has 0 saturated carbocycles. The number of nitrogens with one attached hydrogen (secondary N) is 1. The van der Waals surface area contributed by atoms with E-state index in [2.05, 4.69) is 27.9 Å². The Morgan fingerprint density at radius 2 is 1.90 bits per heavy atom. The molecule has 0 aliphatic rings. The third kappa shape index (κ3) is 4.09. The Morgan fingerprint density at radius 3 is 2.00 bits per heavy atom. The highest BCUT2D eigenvalue weighted by atomic mass is 127. The van der Waals surface area contributed by atoms with E-state index in [4.69, 9.17) is 0 Å². The average Bonchev–Trinajstić information content (AvgIpc) is 1.60. The molecular weight excluding hydrogens is 241 g/mol. The van der Waals surface area contributed by atoms with Crippen molar-refractivity contribution in [1.82, 2.24) is 5.32 Å². The SMILES string of the molecule is CC(C)NC(=O)C(C)(C)I. The maximum atomic E-state index is 11.2. The molecule has 0 aliphatic heterocycles. The normalized spacial score (nSPS) is 11.8. The van der Waals surface area contributed by atoms with Crippen LogP contribution in [0.1, 0.15) is 27.7 Å². The van der Waals surface area contributed by atoms with Gasteiger partial charge in [0.25, 0.3) is 0 Å². The van der Waals surface area contributed by atoms with Crippen LogP contribution < -0.4 is 5.32 Å². The van der Waals surface area contributed by atoms with Crippen LogP contribution in [0.4, 0.5) is 0 Å². The summed E-state index contributed by atoms with van der Waals surface area (Å²) in [6.45, 7) is 7.71. The first-order chi connectivity index (χ1) is 4.34. The van der Waals surface area contributed by atoms with Gasteiger partial charge in [-0.3, -0.25) is 4.79 Å². The second-order valence-electron chi connectivity index (χ2n) is 3.10. The van der Waals surface area contributed by atoms with Crippen LogP contribution >= 0.6 is 22.6 Å². The molecule has 1 amide bonds. The molecule has 2 nitrogen and oxygen atoms in total. The molecule has 0 bridgehead atoms. The summed E-state index contributed by atoms with van der Waals surface area (Å²) < 4.78 is -0.290. The van der Waals surface area contributed by atoms with Gasteiger partial charge in [0, 0.05) is 6.04 Å². The van der Waals surface area contributed by atoms with Crippen LogP contribution in [0.25, 0.3) is 0 Å². The van der Waals surface area contributed by atoms with Crippen molar-refractivity contribution in [2.75, 3.05) is 0 Å². The lowest BCUT2D eigenvalue weighted by atomic mass is 10.2. The van der Waals surface area contributed by atoms with Crippen LogP contribution in [0.15, 0.2) is 0 Å². The second kappa shape index (κ2) is 3.55. The third-order valence-electron chi connectivity index (χ3n) is 0.960. The highest BCUT2D eigenvalue weighted by molar-refractivity contribution is 14.1. The highest BCUT2D eigenvalue weighted by Crippen LogP contribution is 2.16. The molecule has 0 heterocycles. The molecule has 0 atom stereocenters. The van der Waals surface area contributed by atoms with Gasteiger partial charge in [-0.2, -0.15) is 0 Å². The van der Waals surface area contributed by atoms with E-state index in [1.165, 1.54) is 0 Å². The zero-order chi connectivity index (χ0) is 8.36. The topological polar surface area (TPSA) is 29.1 Å². The molecule has 0 rings (SSSR count). The van der Waals surface area contributed by atoms with Crippen LogP contribution in [-0.2, 0) is 4.79 Å². The molecule has 0 spiro atoms. The lowest BCUT2D eigenvalue weighted by molar-refractivity contribution is -0.122. The van der Waals surface area contributed by atoms with Gasteiger partial charge in [0.2, 0.25) is 5.91 Å². The van der Waals surface area contributed by atoms with E-state index in [0.717, 1.165) is 0 Å². The predicted molar refractivity (Wildman–Crippen MR) is 51.4 cm³/mol. The van der Waals surface area contributed by atoms with Crippen LogP contribution in [0.5, 0.6) is 0 Å². The number of alkyl halides is 1. The summed E-state index contributed by atoms with van der Waals surface area (Å²) in [7, 11) is 0. The monoisotopic (exact) mass is 255 g/mol. The van der Waals surface area contributed by atoms with Gasteiger partial charge >= 0.3 is 0 Å². The predicted octanol–water partition coefficient (Wildman–Crippen LogP) is 1.72. The molecule has 1 N–H and O–H groups in total. The molecule has 0 saturated heterocycles. The van der Waals surface area contributed by atoms with E-state index < -0.39 is 0 Å². The van der Waals surface area contributed by atoms with Crippen LogP contribution in [0, 0.1) is 0 Å². The summed E-state index contributed by atoms with van der Waals surface area (Å²) in [6, 6.07) is 0.238. The van der Waals surface area contributed by atoms with Gasteiger partial charge in [-0.05, 0) is 27.7 Å². The number of carbonyl (C=O) groups is 1. The Hall–Kier alpha value is 0.200. The van der Waals surface area contributed by atoms with Crippen LogP contribution in [-0.4, -0.2) is 15.4 Å². The second-order valence-corrected chi connectivity index (χ2v) is 5.80. The number of rotatable bonds is 2. The maximum Gasteiger partial charge on any atom is 0.235 e. The zero-order valence-electron chi connectivity index (χ0n) is 6.86. The minimum atomic E-state index is -0.290. The molecule has 0 radical (unpaired) electrons. The van der Waals surface area contributed by atoms with E-state index in [9.17, 15) is 4.79 Å². The number of carbonyl (C=O) groups excluding carboxylic acids is 1. The molecule has 60 valence electrons. The summed E-state index contributed by atoms with van der Waals surface area (Å²) >= 11 is 2.12. The molecule has 0 aromatic rings. The average molecular weight is 255 g/mol. The first kappa shape index (κ1) is 10.2. The molecule has 0 aliphatic carbocycles. The lowest BCUT2D eigenvalue weighted by Gasteiger charge is -2.17. The molecule has 0 aromatic carbocycles. The smallest absolute Gasteiger partial charge is 0.235 e. The summed E-state index contributed by atoms with van der Waals surface area (Å²) in [5.74, 6) is 0.100. The van der Waals surface area contributed by atoms with E-state index in [1.807, 2.05) is 27.7 Å². The minimum Gasteiger partial charge on any atom is -0.353 e. The Kier molecular flexibility index (Phi) is 3.62. The summed E-state index contributed by atoms with van der Waals surface area (Å²) in [6.07, 6.45) is 0. The lowest BCUT2D eigenvalue weighted by Crippen LogP contribution is -2.41. The van der Waals surface area contributed by atoms with Gasteiger partial charge in [-0.1, -0.05) is 22.6 Å². The van der Waals surface area contributed by atoms with Crippen molar-refractivity contribution < 1.29 is 4.79 Å². The summed E-state index contributed by atoms with van der Waals surface area (Å²) in [4.78, 5) is 11.2. The van der Waals surface area contributed by atoms with Crippen molar-refractivity contribution in [3.05, 3.63) is 0 Å². The van der Waals surface area contributed by atoms with Crippen molar-refractivity contribution in [3.63, 3.8) is 0 Å². The first-order valence-electron chi connectivity index (χ1n) is 3.34. The van der Waals surface area contributed by atoms with Crippen molar-refractivity contribution >= 4 is 28.5 Å². The fourth-order valence-corrected chi connectivity index (χ4v) is 0.590. The first-order valence-corrected chi connectivity index (χ1v) is 4.42. The Morgan fingerprint density at radius 1 is 1.50 bits per heavy atom. The zero-order valence-corrected chi connectivity index (χ0v) is 9.02. The van der Waals surface area contributed by atoms with E-state index in [1.54, 1.807) is 0 Å². The van der Waals surface area contributed by atoms with Crippen molar-refractivity contribution in [2.24, 2.45) is 0 Å². The molecular formula is C7H14INO. The Balaban J connectivity index is 3.87. The molecule has 0 unspecified atom stereocenters. The minimum absolute atomic E-state index is 0.100. The maximum absolute atomic E-state index is 11.2. The Bertz CT molecular complexity index is 126. The number of hydrogen-bond donors (Lipinski definition) is 1. The van der Waals surface area contributed by atoms with E-state index in [-0.39, 0.29) is 15.4 Å². The fourth-order valence-electron chi connectivity index (χ4n) is 0.434. The molecule has 0 fully saturated rings. The third-order valence-corrected chi connectivity index (χ3v) is 1.45. The largest absolute Gasteiger partial charge is 0.353 e. The van der Waals surface area contributed by atoms with Gasteiger partial charge in [0.05, 0.1) is 3.42 Å². The number of hydrogen-bond acceptors (Lipinski definition) is 1. The number of amides is 1. The molecule has 0 aromatic heterocycles. The van der Waals surface area contributed by atoms with Gasteiger partial charge in [-0.15, -0.1) is 0 Å². The quantitative estimate of drug-likeness (QED) is 0.590. The molecule has 3 heteroatoms.